The summed E-state index contributed by atoms with van der Waals surface area (Å²) >= 11 is 0. The van der Waals surface area contributed by atoms with Gasteiger partial charge in [-0.05, 0) is 31.4 Å². The van der Waals surface area contributed by atoms with Gasteiger partial charge in [-0.15, -0.1) is 0 Å². The monoisotopic (exact) mass is 244 g/mol. The van der Waals surface area contributed by atoms with E-state index in [0.29, 0.717) is 31.5 Å². The van der Waals surface area contributed by atoms with E-state index in [2.05, 4.69) is 11.0 Å². The van der Waals surface area contributed by atoms with Gasteiger partial charge in [0, 0.05) is 13.1 Å². The summed E-state index contributed by atoms with van der Waals surface area (Å²) in [5, 5.41) is 18.1. The van der Waals surface area contributed by atoms with Crippen molar-refractivity contribution in [3.8, 4) is 6.07 Å². The number of rotatable bonds is 2. The second-order valence-electron chi connectivity index (χ2n) is 4.68. The zero-order chi connectivity index (χ0) is 13.1. The minimum atomic E-state index is -0.708. The average Bonchev–Trinajstić information content (AvgIpc) is 2.38. The first kappa shape index (κ1) is 12.4. The van der Waals surface area contributed by atoms with Crippen molar-refractivity contribution in [2.75, 3.05) is 18.0 Å². The topological polar surface area (TPSA) is 64.3 Å². The van der Waals surface area contributed by atoms with Crippen LogP contribution >= 0.6 is 0 Å². The third kappa shape index (κ3) is 2.30. The summed E-state index contributed by atoms with van der Waals surface area (Å²) in [6.45, 7) is 3.40. The summed E-state index contributed by atoms with van der Waals surface area (Å²) in [6.07, 6.45) is 1.29. The Morgan fingerprint density at radius 1 is 1.44 bits per heavy atom. The molecule has 1 N–H and O–H groups in total. The molecule has 0 unspecified atom stereocenters. The molecule has 2 rings (SSSR count). The molecule has 94 valence electrons. The van der Waals surface area contributed by atoms with Crippen molar-refractivity contribution in [1.82, 2.24) is 0 Å². The number of nitrogens with zero attached hydrogens (tertiary/aromatic N) is 2. The summed E-state index contributed by atoms with van der Waals surface area (Å²) in [5.74, 6) is -0.948. The van der Waals surface area contributed by atoms with Crippen LogP contribution in [0.1, 0.15) is 24.0 Å². The number of nitriles is 1. The molecule has 18 heavy (non-hydrogen) atoms. The number of aliphatic carboxylic acids is 1. The molecule has 4 nitrogen and oxygen atoms in total. The van der Waals surface area contributed by atoms with Gasteiger partial charge >= 0.3 is 5.97 Å². The van der Waals surface area contributed by atoms with E-state index in [0.717, 1.165) is 11.3 Å². The molecule has 1 aromatic rings. The zero-order valence-corrected chi connectivity index (χ0v) is 10.4. The Morgan fingerprint density at radius 2 is 2.11 bits per heavy atom. The first-order valence-electron chi connectivity index (χ1n) is 6.11. The quantitative estimate of drug-likeness (QED) is 0.866. The van der Waals surface area contributed by atoms with E-state index < -0.39 is 5.97 Å². The summed E-state index contributed by atoms with van der Waals surface area (Å²) in [6, 6.07) is 7.88. The maximum atomic E-state index is 10.9. The smallest absolute Gasteiger partial charge is 0.306 e. The van der Waals surface area contributed by atoms with Gasteiger partial charge < -0.3 is 10.0 Å². The molecular formula is C14H16N2O2. The summed E-state index contributed by atoms with van der Waals surface area (Å²) in [5.41, 5.74) is 2.70. The summed E-state index contributed by atoms with van der Waals surface area (Å²) < 4.78 is 0. The van der Waals surface area contributed by atoms with Gasteiger partial charge in [-0.1, -0.05) is 12.1 Å². The van der Waals surface area contributed by atoms with Gasteiger partial charge in [0.1, 0.15) is 6.07 Å². The lowest BCUT2D eigenvalue weighted by Gasteiger charge is -2.33. The zero-order valence-electron chi connectivity index (χ0n) is 10.4. The Kier molecular flexibility index (Phi) is 3.52. The number of para-hydroxylation sites is 1. The van der Waals surface area contributed by atoms with Crippen LogP contribution in [-0.4, -0.2) is 24.2 Å². The summed E-state index contributed by atoms with van der Waals surface area (Å²) in [4.78, 5) is 13.0. The first-order chi connectivity index (χ1) is 8.63. The molecule has 0 saturated carbocycles. The van der Waals surface area contributed by atoms with Gasteiger partial charge in [-0.3, -0.25) is 4.79 Å². The van der Waals surface area contributed by atoms with E-state index in [1.165, 1.54) is 0 Å². The third-order valence-corrected chi connectivity index (χ3v) is 3.52. The minimum Gasteiger partial charge on any atom is -0.481 e. The fourth-order valence-corrected chi connectivity index (χ4v) is 2.52. The molecule has 0 aliphatic carbocycles. The molecule has 1 aliphatic heterocycles. The van der Waals surface area contributed by atoms with Crippen LogP contribution in [0, 0.1) is 24.2 Å². The molecule has 1 aromatic carbocycles. The molecule has 0 amide bonds. The average molecular weight is 244 g/mol. The molecule has 1 heterocycles. The Labute approximate surface area is 106 Å². The van der Waals surface area contributed by atoms with Crippen LogP contribution in [0.5, 0.6) is 0 Å². The highest BCUT2D eigenvalue weighted by molar-refractivity contribution is 5.71. The molecule has 1 saturated heterocycles. The highest BCUT2D eigenvalue weighted by atomic mass is 16.4. The van der Waals surface area contributed by atoms with Crippen LogP contribution in [0.4, 0.5) is 5.69 Å². The van der Waals surface area contributed by atoms with Crippen LogP contribution in [0.25, 0.3) is 0 Å². The Hall–Kier alpha value is -2.02. The van der Waals surface area contributed by atoms with Gasteiger partial charge in [0.15, 0.2) is 0 Å². The van der Waals surface area contributed by atoms with Crippen LogP contribution in [0.3, 0.4) is 0 Å². The second kappa shape index (κ2) is 5.09. The molecule has 0 radical (unpaired) electrons. The highest BCUT2D eigenvalue weighted by Crippen LogP contribution is 2.29. The molecule has 1 fully saturated rings. The number of carboxylic acid groups (broad SMARTS) is 1. The van der Waals surface area contributed by atoms with Crippen molar-refractivity contribution in [3.63, 3.8) is 0 Å². The summed E-state index contributed by atoms with van der Waals surface area (Å²) in [7, 11) is 0. The lowest BCUT2D eigenvalue weighted by atomic mass is 9.95. The maximum absolute atomic E-state index is 10.9. The number of hydrogen-bond donors (Lipinski definition) is 1. The van der Waals surface area contributed by atoms with E-state index in [9.17, 15) is 4.79 Å². The molecule has 0 atom stereocenters. The van der Waals surface area contributed by atoms with Crippen LogP contribution in [0.15, 0.2) is 18.2 Å². The number of piperidine rings is 1. The molecule has 0 aromatic heterocycles. The number of hydrogen-bond acceptors (Lipinski definition) is 3. The fraction of sp³-hybridized carbons (Fsp3) is 0.429. The minimum absolute atomic E-state index is 0.240. The van der Waals surface area contributed by atoms with E-state index in [1.54, 1.807) is 0 Å². The third-order valence-electron chi connectivity index (χ3n) is 3.52. The Bertz CT molecular complexity index is 497. The van der Waals surface area contributed by atoms with E-state index in [1.807, 2.05) is 25.1 Å². The number of anilines is 1. The SMILES string of the molecule is Cc1cccc(C#N)c1N1CCC(C(=O)O)CC1. The number of carbonyl (C=O) groups is 1. The van der Waals surface area contributed by atoms with Crippen molar-refractivity contribution in [3.05, 3.63) is 29.3 Å². The molecule has 0 spiro atoms. The predicted octanol–water partition coefficient (Wildman–Crippen LogP) is 2.17. The van der Waals surface area contributed by atoms with Gasteiger partial charge in [0.2, 0.25) is 0 Å². The van der Waals surface area contributed by atoms with Crippen molar-refractivity contribution >= 4 is 11.7 Å². The normalized spacial score (nSPS) is 16.3. The molecule has 1 aliphatic rings. The number of aryl methyl sites for hydroxylation is 1. The van der Waals surface area contributed by atoms with Gasteiger partial charge in [-0.25, -0.2) is 0 Å². The van der Waals surface area contributed by atoms with Gasteiger partial charge in [-0.2, -0.15) is 5.26 Å². The van der Waals surface area contributed by atoms with Gasteiger partial charge in [0.25, 0.3) is 0 Å². The van der Waals surface area contributed by atoms with Gasteiger partial charge in [0.05, 0.1) is 17.2 Å². The van der Waals surface area contributed by atoms with Crippen molar-refractivity contribution < 1.29 is 9.90 Å². The number of carboxylic acids is 1. The molecule has 4 heteroatoms. The predicted molar refractivity (Wildman–Crippen MR) is 68.5 cm³/mol. The van der Waals surface area contributed by atoms with E-state index in [-0.39, 0.29) is 5.92 Å². The van der Waals surface area contributed by atoms with Crippen LogP contribution in [0.2, 0.25) is 0 Å². The molecule has 0 bridgehead atoms. The lowest BCUT2D eigenvalue weighted by molar-refractivity contribution is -0.142. The van der Waals surface area contributed by atoms with Crippen LogP contribution < -0.4 is 4.90 Å². The largest absolute Gasteiger partial charge is 0.481 e. The lowest BCUT2D eigenvalue weighted by Crippen LogP contribution is -2.37. The first-order valence-corrected chi connectivity index (χ1v) is 6.11. The van der Waals surface area contributed by atoms with Crippen molar-refractivity contribution in [1.29, 1.82) is 5.26 Å². The standard InChI is InChI=1S/C14H16N2O2/c1-10-3-2-4-12(9-15)13(10)16-7-5-11(6-8-16)14(17)18/h2-4,11H,5-8H2,1H3,(H,17,18). The Balaban J connectivity index is 2.20. The van der Waals surface area contributed by atoms with Crippen molar-refractivity contribution in [2.24, 2.45) is 5.92 Å². The second-order valence-corrected chi connectivity index (χ2v) is 4.68. The molecular weight excluding hydrogens is 228 g/mol. The van der Waals surface area contributed by atoms with E-state index >= 15 is 0 Å². The highest BCUT2D eigenvalue weighted by Gasteiger charge is 2.26. The fourth-order valence-electron chi connectivity index (χ4n) is 2.52. The van der Waals surface area contributed by atoms with Crippen LogP contribution in [-0.2, 0) is 4.79 Å². The Morgan fingerprint density at radius 3 is 2.67 bits per heavy atom. The van der Waals surface area contributed by atoms with Crippen molar-refractivity contribution in [2.45, 2.75) is 19.8 Å². The maximum Gasteiger partial charge on any atom is 0.306 e. The number of benzene rings is 1. The van der Waals surface area contributed by atoms with E-state index in [4.69, 9.17) is 10.4 Å².